The Kier molecular flexibility index (Phi) is 3.45. The van der Waals surface area contributed by atoms with Crippen molar-refractivity contribution in [3.8, 4) is 0 Å². The van der Waals surface area contributed by atoms with Crippen LogP contribution < -0.4 is 15.4 Å². The van der Waals surface area contributed by atoms with E-state index >= 15 is 0 Å². The first-order valence-electron chi connectivity index (χ1n) is 4.62. The number of rotatable bonds is 2. The molecule has 6 heteroatoms. The van der Waals surface area contributed by atoms with Crippen LogP contribution in [0.15, 0.2) is 47.9 Å². The molecule has 5 nitrogen and oxygen atoms in total. The summed E-state index contributed by atoms with van der Waals surface area (Å²) in [5, 5.41) is 6.14. The van der Waals surface area contributed by atoms with E-state index in [0.717, 1.165) is 5.03 Å². The van der Waals surface area contributed by atoms with Gasteiger partial charge < -0.3 is 15.4 Å². The highest BCUT2D eigenvalue weighted by molar-refractivity contribution is 8.01. The fourth-order valence-electron chi connectivity index (χ4n) is 1.08. The predicted octanol–water partition coefficient (Wildman–Crippen LogP) is 1.81. The maximum absolute atomic E-state index is 11.5. The molecule has 0 fully saturated rings. The van der Waals surface area contributed by atoms with Crippen molar-refractivity contribution in [3.63, 3.8) is 0 Å². The topological polar surface area (TPSA) is 66.1 Å². The Morgan fingerprint density at radius 1 is 1.31 bits per heavy atom. The number of carbonyl (C=O) groups is 1. The van der Waals surface area contributed by atoms with E-state index in [1.54, 1.807) is 30.7 Å². The SMILES string of the molecule is O=C(NC1=CC=CNS1)Nc1ccncc1. The fourth-order valence-corrected chi connectivity index (χ4v) is 1.65. The highest BCUT2D eigenvalue weighted by atomic mass is 32.2. The number of urea groups is 1. The molecule has 2 heterocycles. The van der Waals surface area contributed by atoms with Gasteiger partial charge in [-0.25, -0.2) is 4.79 Å². The monoisotopic (exact) mass is 234 g/mol. The van der Waals surface area contributed by atoms with Gasteiger partial charge in [0.05, 0.1) is 5.03 Å². The highest BCUT2D eigenvalue weighted by Crippen LogP contribution is 2.12. The van der Waals surface area contributed by atoms with Crippen LogP contribution in [0.5, 0.6) is 0 Å². The minimum Gasteiger partial charge on any atom is -0.331 e. The maximum atomic E-state index is 11.5. The van der Waals surface area contributed by atoms with Gasteiger partial charge in [0.1, 0.15) is 0 Å². The molecule has 1 aliphatic heterocycles. The van der Waals surface area contributed by atoms with E-state index in [0.29, 0.717) is 5.69 Å². The normalized spacial score (nSPS) is 13.6. The average molecular weight is 234 g/mol. The van der Waals surface area contributed by atoms with E-state index in [1.807, 2.05) is 12.2 Å². The third-order valence-electron chi connectivity index (χ3n) is 1.76. The minimum absolute atomic E-state index is 0.276. The summed E-state index contributed by atoms with van der Waals surface area (Å²) in [4.78, 5) is 15.4. The van der Waals surface area contributed by atoms with Crippen molar-refractivity contribution in [2.45, 2.75) is 0 Å². The summed E-state index contributed by atoms with van der Waals surface area (Å²) in [6.07, 6.45) is 8.66. The smallest absolute Gasteiger partial charge is 0.324 e. The Morgan fingerprint density at radius 2 is 2.12 bits per heavy atom. The van der Waals surface area contributed by atoms with Crippen LogP contribution in [0.2, 0.25) is 0 Å². The number of hydrogen-bond acceptors (Lipinski definition) is 4. The molecule has 0 saturated heterocycles. The van der Waals surface area contributed by atoms with Crippen LogP contribution in [-0.4, -0.2) is 11.0 Å². The standard InChI is InChI=1S/C10H10N4OS/c15-10(13-8-3-6-11-7-4-8)14-9-2-1-5-12-16-9/h1-7,12H,(H2,11,13,14,15). The van der Waals surface area contributed by atoms with E-state index < -0.39 is 0 Å². The molecular formula is C10H10N4OS. The molecular weight excluding hydrogens is 224 g/mol. The molecule has 2 rings (SSSR count). The molecule has 0 bridgehead atoms. The van der Waals surface area contributed by atoms with E-state index in [-0.39, 0.29) is 6.03 Å². The molecule has 2 amide bonds. The lowest BCUT2D eigenvalue weighted by atomic mass is 10.4. The van der Waals surface area contributed by atoms with Crippen LogP contribution in [0, 0.1) is 0 Å². The largest absolute Gasteiger partial charge is 0.331 e. The molecule has 0 aromatic carbocycles. The van der Waals surface area contributed by atoms with Crippen molar-refractivity contribution in [3.05, 3.63) is 47.9 Å². The number of amides is 2. The summed E-state index contributed by atoms with van der Waals surface area (Å²) < 4.78 is 2.92. The average Bonchev–Trinajstić information content (AvgIpc) is 2.31. The molecule has 1 aromatic rings. The van der Waals surface area contributed by atoms with E-state index in [2.05, 4.69) is 20.3 Å². The molecule has 1 aromatic heterocycles. The van der Waals surface area contributed by atoms with Gasteiger partial charge in [-0.15, -0.1) is 0 Å². The molecule has 1 aliphatic rings. The van der Waals surface area contributed by atoms with E-state index in [4.69, 9.17) is 0 Å². The molecule has 0 unspecified atom stereocenters. The second-order valence-corrected chi connectivity index (χ2v) is 3.80. The minimum atomic E-state index is -0.276. The van der Waals surface area contributed by atoms with Crippen LogP contribution in [0.3, 0.4) is 0 Å². The van der Waals surface area contributed by atoms with Gasteiger partial charge in [-0.05, 0) is 24.3 Å². The first-order valence-corrected chi connectivity index (χ1v) is 5.43. The van der Waals surface area contributed by atoms with Crippen LogP contribution in [0.1, 0.15) is 0 Å². The number of nitrogens with zero attached hydrogens (tertiary/aromatic N) is 1. The number of anilines is 1. The molecule has 82 valence electrons. The van der Waals surface area contributed by atoms with Crippen molar-refractivity contribution in [2.75, 3.05) is 5.32 Å². The second kappa shape index (κ2) is 5.22. The molecule has 0 saturated carbocycles. The Morgan fingerprint density at radius 3 is 2.81 bits per heavy atom. The van der Waals surface area contributed by atoms with Crippen LogP contribution in [-0.2, 0) is 0 Å². The molecule has 3 N–H and O–H groups in total. The zero-order valence-electron chi connectivity index (χ0n) is 8.31. The Hall–Kier alpha value is -1.95. The molecule has 0 radical (unpaired) electrons. The second-order valence-electron chi connectivity index (χ2n) is 2.92. The quantitative estimate of drug-likeness (QED) is 0.683. The van der Waals surface area contributed by atoms with Gasteiger partial charge in [-0.2, -0.15) is 0 Å². The van der Waals surface area contributed by atoms with Crippen molar-refractivity contribution >= 4 is 23.7 Å². The van der Waals surface area contributed by atoms with Gasteiger partial charge in [0.25, 0.3) is 0 Å². The molecule has 16 heavy (non-hydrogen) atoms. The third-order valence-corrected chi connectivity index (χ3v) is 2.47. The number of aromatic nitrogens is 1. The zero-order chi connectivity index (χ0) is 11.2. The summed E-state index contributed by atoms with van der Waals surface area (Å²) >= 11 is 1.34. The van der Waals surface area contributed by atoms with Crippen LogP contribution >= 0.6 is 11.9 Å². The van der Waals surface area contributed by atoms with Gasteiger partial charge in [-0.3, -0.25) is 4.98 Å². The zero-order valence-corrected chi connectivity index (χ0v) is 9.12. The lowest BCUT2D eigenvalue weighted by molar-refractivity contribution is 0.255. The summed E-state index contributed by atoms with van der Waals surface area (Å²) in [5.74, 6) is 0. The third kappa shape index (κ3) is 3.03. The van der Waals surface area contributed by atoms with E-state index in [1.165, 1.54) is 11.9 Å². The first-order chi connectivity index (χ1) is 7.84. The Balaban J connectivity index is 1.89. The Bertz CT molecular complexity index is 430. The number of nitrogens with one attached hydrogen (secondary N) is 3. The first kappa shape index (κ1) is 10.6. The van der Waals surface area contributed by atoms with Gasteiger partial charge in [0.15, 0.2) is 0 Å². The van der Waals surface area contributed by atoms with Crippen molar-refractivity contribution in [1.29, 1.82) is 0 Å². The lowest BCUT2D eigenvalue weighted by Gasteiger charge is -2.11. The summed E-state index contributed by atoms with van der Waals surface area (Å²) in [6, 6.07) is 3.17. The fraction of sp³-hybridized carbons (Fsp3) is 0. The summed E-state index contributed by atoms with van der Waals surface area (Å²) in [5.41, 5.74) is 0.706. The molecule has 0 atom stereocenters. The maximum Gasteiger partial charge on any atom is 0.324 e. The highest BCUT2D eigenvalue weighted by Gasteiger charge is 2.05. The van der Waals surface area contributed by atoms with Gasteiger partial charge >= 0.3 is 6.03 Å². The number of allylic oxidation sites excluding steroid dienone is 2. The summed E-state index contributed by atoms with van der Waals surface area (Å²) in [7, 11) is 0. The predicted molar refractivity (Wildman–Crippen MR) is 64.3 cm³/mol. The number of carbonyl (C=O) groups excluding carboxylic acids is 1. The number of hydrogen-bond donors (Lipinski definition) is 3. The molecule has 0 aliphatic carbocycles. The van der Waals surface area contributed by atoms with Crippen LogP contribution in [0.25, 0.3) is 0 Å². The number of pyridine rings is 1. The lowest BCUT2D eigenvalue weighted by Crippen LogP contribution is -2.28. The van der Waals surface area contributed by atoms with Crippen molar-refractivity contribution < 1.29 is 4.79 Å². The van der Waals surface area contributed by atoms with Crippen LogP contribution in [0.4, 0.5) is 10.5 Å². The molecule has 0 spiro atoms. The Labute approximate surface area is 97.2 Å². The van der Waals surface area contributed by atoms with E-state index in [9.17, 15) is 4.79 Å². The van der Waals surface area contributed by atoms with Gasteiger partial charge in [0, 0.05) is 36.2 Å². The van der Waals surface area contributed by atoms with Crippen molar-refractivity contribution in [1.82, 2.24) is 15.0 Å². The van der Waals surface area contributed by atoms with Gasteiger partial charge in [0.2, 0.25) is 0 Å². The van der Waals surface area contributed by atoms with Gasteiger partial charge in [-0.1, -0.05) is 0 Å². The summed E-state index contributed by atoms with van der Waals surface area (Å²) in [6.45, 7) is 0. The van der Waals surface area contributed by atoms with Crippen molar-refractivity contribution in [2.24, 2.45) is 0 Å².